The molecule has 0 radical (unpaired) electrons. The van der Waals surface area contributed by atoms with Crippen LogP contribution >= 0.6 is 0 Å². The molecule has 0 saturated heterocycles. The van der Waals surface area contributed by atoms with Crippen molar-refractivity contribution < 1.29 is 18.7 Å². The smallest absolute Gasteiger partial charge is 0.374 e. The summed E-state index contributed by atoms with van der Waals surface area (Å²) in [4.78, 5) is 11.5. The van der Waals surface area contributed by atoms with Gasteiger partial charge in [0, 0.05) is 0 Å². The maximum Gasteiger partial charge on any atom is 0.374 e. The number of hydrogen-bond donors (Lipinski definition) is 1. The fourth-order valence-electron chi connectivity index (χ4n) is 1.15. The van der Waals surface area contributed by atoms with Crippen LogP contribution in [0.25, 0.3) is 0 Å². The van der Waals surface area contributed by atoms with Gasteiger partial charge in [-0.1, -0.05) is 0 Å². The summed E-state index contributed by atoms with van der Waals surface area (Å²) < 4.78 is 15.5. The molecule has 0 aromatic carbocycles. The van der Waals surface area contributed by atoms with Crippen molar-refractivity contribution in [1.82, 2.24) is 0 Å². The second-order valence-corrected chi connectivity index (χ2v) is 4.57. The largest absolute Gasteiger partial charge is 0.457 e. The number of furan rings is 1. The number of esters is 1. The first-order chi connectivity index (χ1) is 7.92. The van der Waals surface area contributed by atoms with Gasteiger partial charge in [0.15, 0.2) is 0 Å². The lowest BCUT2D eigenvalue weighted by Crippen LogP contribution is -2.22. The molecule has 5 nitrogen and oxygen atoms in total. The Morgan fingerprint density at radius 2 is 2.06 bits per heavy atom. The summed E-state index contributed by atoms with van der Waals surface area (Å²) in [6.45, 7) is 6.65. The molecule has 0 atom stereocenters. The molecule has 0 fully saturated rings. The predicted octanol–water partition coefficient (Wildman–Crippen LogP) is 1.71. The normalized spacial score (nSPS) is 11.5. The van der Waals surface area contributed by atoms with Crippen molar-refractivity contribution in [2.75, 3.05) is 13.2 Å². The number of carbonyl (C=O) groups excluding carboxylic acids is 1. The lowest BCUT2D eigenvalue weighted by Gasteiger charge is -2.19. The lowest BCUT2D eigenvalue weighted by molar-refractivity contribution is -0.0289. The minimum absolute atomic E-state index is 0.168. The Kier molecular flexibility index (Phi) is 4.72. The van der Waals surface area contributed by atoms with Gasteiger partial charge in [-0.2, -0.15) is 0 Å². The molecule has 0 aliphatic carbocycles. The van der Waals surface area contributed by atoms with E-state index in [2.05, 4.69) is 0 Å². The molecule has 1 aromatic heterocycles. The highest BCUT2D eigenvalue weighted by molar-refractivity contribution is 5.86. The van der Waals surface area contributed by atoms with E-state index in [0.717, 1.165) is 0 Å². The van der Waals surface area contributed by atoms with Crippen LogP contribution < -0.4 is 5.73 Å². The molecule has 0 aliphatic heterocycles. The Morgan fingerprint density at radius 3 is 2.59 bits per heavy atom. The molecular formula is C12H19NO4. The van der Waals surface area contributed by atoms with E-state index in [1.165, 1.54) is 0 Å². The van der Waals surface area contributed by atoms with Gasteiger partial charge in [0.1, 0.15) is 12.4 Å². The topological polar surface area (TPSA) is 74.7 Å². The van der Waals surface area contributed by atoms with Crippen LogP contribution in [0.5, 0.6) is 0 Å². The van der Waals surface area contributed by atoms with E-state index in [4.69, 9.17) is 19.6 Å². The lowest BCUT2D eigenvalue weighted by atomic mass is 10.2. The number of ether oxygens (including phenoxy) is 2. The van der Waals surface area contributed by atoms with Crippen molar-refractivity contribution in [2.45, 2.75) is 32.9 Å². The molecule has 0 amide bonds. The van der Waals surface area contributed by atoms with Crippen LogP contribution in [-0.2, 0) is 16.0 Å². The molecule has 5 heteroatoms. The molecule has 0 bridgehead atoms. The van der Waals surface area contributed by atoms with Gasteiger partial charge in [0.25, 0.3) is 0 Å². The fraction of sp³-hybridized carbons (Fsp3) is 0.583. The molecule has 0 aliphatic rings. The quantitative estimate of drug-likeness (QED) is 0.627. The number of rotatable bonds is 5. The van der Waals surface area contributed by atoms with E-state index in [-0.39, 0.29) is 24.5 Å². The molecule has 2 N–H and O–H groups in total. The molecule has 17 heavy (non-hydrogen) atoms. The first-order valence-electron chi connectivity index (χ1n) is 5.52. The number of carbonyl (C=O) groups is 1. The van der Waals surface area contributed by atoms with Crippen molar-refractivity contribution >= 4 is 5.97 Å². The standard InChI is InChI=1S/C12H19NO4/c1-12(2,3)16-7-6-15-11(14)10-5-4-9(8-13)17-10/h4-5H,6-8,13H2,1-3H3. The highest BCUT2D eigenvalue weighted by Gasteiger charge is 2.13. The van der Waals surface area contributed by atoms with Crippen LogP contribution in [0.1, 0.15) is 37.1 Å². The Bertz CT molecular complexity index is 365. The minimum Gasteiger partial charge on any atom is -0.457 e. The molecule has 0 spiro atoms. The third-order valence-corrected chi connectivity index (χ3v) is 1.92. The Balaban J connectivity index is 2.30. The summed E-state index contributed by atoms with van der Waals surface area (Å²) in [5, 5.41) is 0. The summed E-state index contributed by atoms with van der Waals surface area (Å²) in [7, 11) is 0. The van der Waals surface area contributed by atoms with Crippen LogP contribution in [-0.4, -0.2) is 24.8 Å². The number of hydrogen-bond acceptors (Lipinski definition) is 5. The van der Waals surface area contributed by atoms with E-state index in [1.807, 2.05) is 20.8 Å². The summed E-state index contributed by atoms with van der Waals surface area (Å²) in [6.07, 6.45) is 0. The zero-order valence-corrected chi connectivity index (χ0v) is 10.5. The van der Waals surface area contributed by atoms with Crippen LogP contribution in [0.15, 0.2) is 16.5 Å². The third-order valence-electron chi connectivity index (χ3n) is 1.92. The minimum atomic E-state index is -0.498. The Morgan fingerprint density at radius 1 is 1.35 bits per heavy atom. The van der Waals surface area contributed by atoms with Gasteiger partial charge in [-0.25, -0.2) is 4.79 Å². The first kappa shape index (κ1) is 13.7. The van der Waals surface area contributed by atoms with E-state index >= 15 is 0 Å². The van der Waals surface area contributed by atoms with Crippen molar-refractivity contribution in [1.29, 1.82) is 0 Å². The van der Waals surface area contributed by atoms with E-state index in [1.54, 1.807) is 12.1 Å². The highest BCUT2D eigenvalue weighted by Crippen LogP contribution is 2.09. The average molecular weight is 241 g/mol. The van der Waals surface area contributed by atoms with Gasteiger partial charge in [-0.3, -0.25) is 0 Å². The second kappa shape index (κ2) is 5.84. The van der Waals surface area contributed by atoms with Crippen molar-refractivity contribution in [3.63, 3.8) is 0 Å². The molecule has 1 rings (SSSR count). The predicted molar refractivity (Wildman–Crippen MR) is 62.6 cm³/mol. The highest BCUT2D eigenvalue weighted by atomic mass is 16.6. The van der Waals surface area contributed by atoms with Gasteiger partial charge in [0.05, 0.1) is 18.8 Å². The Labute approximate surface area is 101 Å². The van der Waals surface area contributed by atoms with Crippen LogP contribution in [0, 0.1) is 0 Å². The van der Waals surface area contributed by atoms with E-state index in [0.29, 0.717) is 12.4 Å². The number of nitrogens with two attached hydrogens (primary N) is 1. The molecule has 96 valence electrons. The van der Waals surface area contributed by atoms with E-state index in [9.17, 15) is 4.79 Å². The molecule has 0 saturated carbocycles. The maximum atomic E-state index is 11.5. The van der Waals surface area contributed by atoms with Gasteiger partial charge in [-0.05, 0) is 32.9 Å². The summed E-state index contributed by atoms with van der Waals surface area (Å²) >= 11 is 0. The van der Waals surface area contributed by atoms with Gasteiger partial charge >= 0.3 is 5.97 Å². The first-order valence-corrected chi connectivity index (χ1v) is 5.52. The van der Waals surface area contributed by atoms with E-state index < -0.39 is 5.97 Å². The van der Waals surface area contributed by atoms with Crippen LogP contribution in [0.4, 0.5) is 0 Å². The van der Waals surface area contributed by atoms with Gasteiger partial charge in [-0.15, -0.1) is 0 Å². The Hall–Kier alpha value is -1.33. The van der Waals surface area contributed by atoms with Crippen molar-refractivity contribution in [3.05, 3.63) is 23.7 Å². The molecule has 1 aromatic rings. The van der Waals surface area contributed by atoms with Crippen LogP contribution in [0.2, 0.25) is 0 Å². The van der Waals surface area contributed by atoms with Crippen molar-refractivity contribution in [2.24, 2.45) is 5.73 Å². The van der Waals surface area contributed by atoms with Crippen molar-refractivity contribution in [3.8, 4) is 0 Å². The summed E-state index contributed by atoms with van der Waals surface area (Å²) in [6, 6.07) is 3.21. The van der Waals surface area contributed by atoms with Gasteiger partial charge in [0.2, 0.25) is 5.76 Å². The zero-order valence-electron chi connectivity index (χ0n) is 10.5. The summed E-state index contributed by atoms with van der Waals surface area (Å²) in [5.74, 6) is 0.228. The van der Waals surface area contributed by atoms with Crippen LogP contribution in [0.3, 0.4) is 0 Å². The second-order valence-electron chi connectivity index (χ2n) is 4.57. The zero-order chi connectivity index (χ0) is 12.9. The van der Waals surface area contributed by atoms with Gasteiger partial charge < -0.3 is 19.6 Å². The molecular weight excluding hydrogens is 222 g/mol. The monoisotopic (exact) mass is 241 g/mol. The average Bonchev–Trinajstić information content (AvgIpc) is 2.71. The summed E-state index contributed by atoms with van der Waals surface area (Å²) in [5.41, 5.74) is 5.13. The fourth-order valence-corrected chi connectivity index (χ4v) is 1.15. The third kappa shape index (κ3) is 5.01. The molecule has 1 heterocycles. The maximum absolute atomic E-state index is 11.5. The SMILES string of the molecule is CC(C)(C)OCCOC(=O)c1ccc(CN)o1. The molecule has 0 unspecified atom stereocenters.